The molecule has 1 atom stereocenters. The first-order valence-electron chi connectivity index (χ1n) is 5.94. The first-order chi connectivity index (χ1) is 7.13. The highest BCUT2D eigenvalue weighted by Crippen LogP contribution is 2.21. The maximum absolute atomic E-state index is 11.3. The van der Waals surface area contributed by atoms with E-state index in [-0.39, 0.29) is 5.97 Å². The minimum Gasteiger partial charge on any atom is -0.469 e. The van der Waals surface area contributed by atoms with Crippen LogP contribution in [-0.4, -0.2) is 37.1 Å². The first kappa shape index (κ1) is 12.5. The van der Waals surface area contributed by atoms with Crippen molar-refractivity contribution in [3.8, 4) is 0 Å². The second-order valence-corrected chi connectivity index (χ2v) is 4.82. The van der Waals surface area contributed by atoms with Crippen LogP contribution in [0.5, 0.6) is 0 Å². The van der Waals surface area contributed by atoms with Gasteiger partial charge in [0, 0.05) is 12.6 Å². The topological polar surface area (TPSA) is 29.5 Å². The first-order valence-corrected chi connectivity index (χ1v) is 5.94. The summed E-state index contributed by atoms with van der Waals surface area (Å²) in [5.74, 6) is 0.596. The predicted molar refractivity (Wildman–Crippen MR) is 60.7 cm³/mol. The zero-order chi connectivity index (χ0) is 11.3. The SMILES string of the molecule is COC(=O)CC1CCCCN1CC(C)C. The lowest BCUT2D eigenvalue weighted by Crippen LogP contribution is -2.42. The summed E-state index contributed by atoms with van der Waals surface area (Å²) in [6.07, 6.45) is 4.21. The van der Waals surface area contributed by atoms with Crippen molar-refractivity contribution in [3.05, 3.63) is 0 Å². The Morgan fingerprint density at radius 2 is 2.20 bits per heavy atom. The molecule has 0 spiro atoms. The molecule has 1 unspecified atom stereocenters. The van der Waals surface area contributed by atoms with Crippen LogP contribution in [0, 0.1) is 5.92 Å². The fourth-order valence-corrected chi connectivity index (χ4v) is 2.28. The van der Waals surface area contributed by atoms with E-state index in [1.807, 2.05) is 0 Å². The molecule has 3 nitrogen and oxygen atoms in total. The van der Waals surface area contributed by atoms with Gasteiger partial charge in [-0.1, -0.05) is 20.3 Å². The van der Waals surface area contributed by atoms with Gasteiger partial charge in [-0.05, 0) is 25.3 Å². The standard InChI is InChI=1S/C12H23NO2/c1-10(2)9-13-7-5-4-6-11(13)8-12(14)15-3/h10-11H,4-9H2,1-3H3. The number of esters is 1. The van der Waals surface area contributed by atoms with Gasteiger partial charge in [0.2, 0.25) is 0 Å². The highest BCUT2D eigenvalue weighted by molar-refractivity contribution is 5.69. The number of carbonyl (C=O) groups excluding carboxylic acids is 1. The molecule has 1 rings (SSSR count). The molecular weight excluding hydrogens is 190 g/mol. The van der Waals surface area contributed by atoms with Gasteiger partial charge in [0.1, 0.15) is 0 Å². The van der Waals surface area contributed by atoms with Crippen molar-refractivity contribution in [1.29, 1.82) is 0 Å². The lowest BCUT2D eigenvalue weighted by molar-refractivity contribution is -0.142. The highest BCUT2D eigenvalue weighted by atomic mass is 16.5. The zero-order valence-corrected chi connectivity index (χ0v) is 10.2. The van der Waals surface area contributed by atoms with Crippen LogP contribution in [-0.2, 0) is 9.53 Å². The number of ether oxygens (including phenoxy) is 1. The third kappa shape index (κ3) is 4.20. The molecule has 0 aliphatic carbocycles. The molecule has 0 bridgehead atoms. The van der Waals surface area contributed by atoms with Crippen molar-refractivity contribution in [2.24, 2.45) is 5.92 Å². The number of nitrogens with zero attached hydrogens (tertiary/aromatic N) is 1. The van der Waals surface area contributed by atoms with Crippen LogP contribution in [0.3, 0.4) is 0 Å². The molecule has 3 heteroatoms. The van der Waals surface area contributed by atoms with Crippen LogP contribution >= 0.6 is 0 Å². The molecule has 15 heavy (non-hydrogen) atoms. The zero-order valence-electron chi connectivity index (χ0n) is 10.2. The Morgan fingerprint density at radius 3 is 2.80 bits per heavy atom. The van der Waals surface area contributed by atoms with Crippen LogP contribution in [0.15, 0.2) is 0 Å². The highest BCUT2D eigenvalue weighted by Gasteiger charge is 2.25. The van der Waals surface area contributed by atoms with E-state index in [2.05, 4.69) is 18.7 Å². The number of piperidine rings is 1. The minimum atomic E-state index is -0.0735. The molecule has 0 aromatic carbocycles. The van der Waals surface area contributed by atoms with Crippen molar-refractivity contribution < 1.29 is 9.53 Å². The normalized spacial score (nSPS) is 23.1. The van der Waals surface area contributed by atoms with Crippen LogP contribution in [0.2, 0.25) is 0 Å². The fourth-order valence-electron chi connectivity index (χ4n) is 2.28. The van der Waals surface area contributed by atoms with Gasteiger partial charge < -0.3 is 4.74 Å². The Hall–Kier alpha value is -0.570. The summed E-state index contributed by atoms with van der Waals surface area (Å²) in [6, 6.07) is 0.411. The van der Waals surface area contributed by atoms with Crippen molar-refractivity contribution in [2.75, 3.05) is 20.2 Å². The molecule has 0 N–H and O–H groups in total. The van der Waals surface area contributed by atoms with Gasteiger partial charge in [-0.2, -0.15) is 0 Å². The molecule has 0 aromatic heterocycles. The van der Waals surface area contributed by atoms with Gasteiger partial charge >= 0.3 is 5.97 Å². The summed E-state index contributed by atoms with van der Waals surface area (Å²) in [4.78, 5) is 13.7. The maximum Gasteiger partial charge on any atom is 0.307 e. The Bertz CT molecular complexity index is 204. The van der Waals surface area contributed by atoms with Crippen molar-refractivity contribution >= 4 is 5.97 Å². The number of methoxy groups -OCH3 is 1. The third-order valence-electron chi connectivity index (χ3n) is 2.98. The average Bonchev–Trinajstić information content (AvgIpc) is 2.20. The summed E-state index contributed by atoms with van der Waals surface area (Å²) in [5, 5.41) is 0. The molecule has 88 valence electrons. The van der Waals surface area contributed by atoms with Gasteiger partial charge in [-0.25, -0.2) is 0 Å². The van der Waals surface area contributed by atoms with Crippen LogP contribution in [0.4, 0.5) is 0 Å². The largest absolute Gasteiger partial charge is 0.469 e. The van der Waals surface area contributed by atoms with Gasteiger partial charge in [0.05, 0.1) is 13.5 Å². The number of hydrogen-bond acceptors (Lipinski definition) is 3. The predicted octanol–water partition coefficient (Wildman–Crippen LogP) is 2.06. The van der Waals surface area contributed by atoms with Crippen molar-refractivity contribution in [2.45, 2.75) is 45.6 Å². The van der Waals surface area contributed by atoms with Crippen molar-refractivity contribution in [3.63, 3.8) is 0 Å². The molecule has 0 saturated carbocycles. The van der Waals surface area contributed by atoms with Gasteiger partial charge in [0.25, 0.3) is 0 Å². The molecule has 0 amide bonds. The van der Waals surface area contributed by atoms with Crippen LogP contribution < -0.4 is 0 Å². The molecule has 0 radical (unpaired) electrons. The summed E-state index contributed by atoms with van der Waals surface area (Å²) in [7, 11) is 1.47. The molecular formula is C12H23NO2. The van der Waals surface area contributed by atoms with E-state index in [1.165, 1.54) is 20.0 Å². The molecule has 1 aliphatic heterocycles. The number of carbonyl (C=O) groups is 1. The quantitative estimate of drug-likeness (QED) is 0.669. The van der Waals surface area contributed by atoms with Crippen LogP contribution in [0.25, 0.3) is 0 Å². The molecule has 1 saturated heterocycles. The molecule has 0 aromatic rings. The summed E-state index contributed by atoms with van der Waals surface area (Å²) >= 11 is 0. The van der Waals surface area contributed by atoms with E-state index in [4.69, 9.17) is 4.74 Å². The maximum atomic E-state index is 11.3. The van der Waals surface area contributed by atoms with E-state index in [1.54, 1.807) is 0 Å². The van der Waals surface area contributed by atoms with E-state index < -0.39 is 0 Å². The van der Waals surface area contributed by atoms with Gasteiger partial charge in [-0.3, -0.25) is 9.69 Å². The van der Waals surface area contributed by atoms with E-state index >= 15 is 0 Å². The van der Waals surface area contributed by atoms with E-state index in [0.29, 0.717) is 18.4 Å². The molecule has 1 heterocycles. The summed E-state index contributed by atoms with van der Waals surface area (Å²) < 4.78 is 4.74. The Labute approximate surface area is 92.8 Å². The van der Waals surface area contributed by atoms with Gasteiger partial charge in [-0.15, -0.1) is 0 Å². The number of rotatable bonds is 4. The van der Waals surface area contributed by atoms with E-state index in [0.717, 1.165) is 19.5 Å². The van der Waals surface area contributed by atoms with Gasteiger partial charge in [0.15, 0.2) is 0 Å². The molecule has 1 fully saturated rings. The minimum absolute atomic E-state index is 0.0735. The number of likely N-dealkylation sites (tertiary alicyclic amines) is 1. The lowest BCUT2D eigenvalue weighted by Gasteiger charge is -2.36. The average molecular weight is 213 g/mol. The fraction of sp³-hybridized carbons (Fsp3) is 0.917. The smallest absolute Gasteiger partial charge is 0.307 e. The molecule has 1 aliphatic rings. The Balaban J connectivity index is 2.45. The third-order valence-corrected chi connectivity index (χ3v) is 2.98. The second kappa shape index (κ2) is 6.11. The Kier molecular flexibility index (Phi) is 5.09. The van der Waals surface area contributed by atoms with Crippen LogP contribution in [0.1, 0.15) is 39.5 Å². The van der Waals surface area contributed by atoms with Crippen molar-refractivity contribution in [1.82, 2.24) is 4.90 Å². The second-order valence-electron chi connectivity index (χ2n) is 4.82. The summed E-state index contributed by atoms with van der Waals surface area (Å²) in [5.41, 5.74) is 0. The lowest BCUT2D eigenvalue weighted by atomic mass is 9.98. The Morgan fingerprint density at radius 1 is 1.47 bits per heavy atom. The monoisotopic (exact) mass is 213 g/mol. The number of hydrogen-bond donors (Lipinski definition) is 0. The summed E-state index contributed by atoms with van der Waals surface area (Å²) in [6.45, 7) is 6.69. The van der Waals surface area contributed by atoms with E-state index in [9.17, 15) is 4.79 Å².